The number of benzene rings is 1. The highest BCUT2D eigenvalue weighted by molar-refractivity contribution is 5.69. The summed E-state index contributed by atoms with van der Waals surface area (Å²) in [5.74, 6) is 0.534. The van der Waals surface area contributed by atoms with E-state index in [1.807, 2.05) is 10.8 Å². The van der Waals surface area contributed by atoms with Crippen LogP contribution in [0.25, 0.3) is 11.3 Å². The van der Waals surface area contributed by atoms with Gasteiger partial charge in [0.1, 0.15) is 0 Å². The molecule has 0 radical (unpaired) electrons. The molecule has 0 fully saturated rings. The maximum Gasteiger partial charge on any atom is 0.200 e. The Kier molecular flexibility index (Phi) is 3.90. The van der Waals surface area contributed by atoms with Gasteiger partial charge in [0.15, 0.2) is 0 Å². The Morgan fingerprint density at radius 3 is 2.42 bits per heavy atom. The van der Waals surface area contributed by atoms with Crippen molar-refractivity contribution in [2.24, 2.45) is 0 Å². The number of hydrogen-bond donors (Lipinski definition) is 1. The molecule has 0 aliphatic carbocycles. The summed E-state index contributed by atoms with van der Waals surface area (Å²) in [5.41, 5.74) is 12.0. The highest BCUT2D eigenvalue weighted by atomic mass is 16.5. The van der Waals surface area contributed by atoms with Crippen LogP contribution < -0.4 is 5.73 Å². The summed E-state index contributed by atoms with van der Waals surface area (Å²) < 4.78 is 7.14. The standard InChI is InChI=1S/C15H21N3O/c1-10-7-11(2)14(12(3)8-10)13-9-17-15(16)18(13)5-6-19-4/h7-9H,5-6H2,1-4H3,(H2,16,17). The number of rotatable bonds is 4. The topological polar surface area (TPSA) is 53.1 Å². The van der Waals surface area contributed by atoms with E-state index in [0.717, 1.165) is 5.69 Å². The maximum atomic E-state index is 5.95. The van der Waals surface area contributed by atoms with Crippen LogP contribution in [0.5, 0.6) is 0 Å². The summed E-state index contributed by atoms with van der Waals surface area (Å²) in [6.07, 6.45) is 1.84. The quantitative estimate of drug-likeness (QED) is 0.918. The Balaban J connectivity index is 2.53. The number of imidazole rings is 1. The van der Waals surface area contributed by atoms with Crippen LogP contribution in [0, 0.1) is 20.8 Å². The third kappa shape index (κ3) is 2.63. The van der Waals surface area contributed by atoms with Gasteiger partial charge in [0, 0.05) is 19.2 Å². The first-order chi connectivity index (χ1) is 9.04. The molecule has 0 aliphatic heterocycles. The van der Waals surface area contributed by atoms with Gasteiger partial charge in [-0.2, -0.15) is 0 Å². The molecule has 1 aromatic heterocycles. The molecule has 0 bridgehead atoms. The van der Waals surface area contributed by atoms with Crippen molar-refractivity contribution in [1.29, 1.82) is 0 Å². The van der Waals surface area contributed by atoms with E-state index in [0.29, 0.717) is 19.1 Å². The van der Waals surface area contributed by atoms with Gasteiger partial charge in [0.05, 0.1) is 18.5 Å². The largest absolute Gasteiger partial charge is 0.383 e. The lowest BCUT2D eigenvalue weighted by molar-refractivity contribution is 0.188. The molecular weight excluding hydrogens is 238 g/mol. The zero-order valence-corrected chi connectivity index (χ0v) is 12.0. The highest BCUT2D eigenvalue weighted by Crippen LogP contribution is 2.29. The minimum atomic E-state index is 0.534. The number of nitrogens with zero attached hydrogens (tertiary/aromatic N) is 2. The molecule has 2 aromatic rings. The number of methoxy groups -OCH3 is 1. The number of nitrogen functional groups attached to an aromatic ring is 1. The van der Waals surface area contributed by atoms with Crippen LogP contribution in [-0.4, -0.2) is 23.3 Å². The zero-order valence-electron chi connectivity index (χ0n) is 12.0. The molecule has 0 atom stereocenters. The number of aromatic nitrogens is 2. The lowest BCUT2D eigenvalue weighted by atomic mass is 9.97. The molecule has 1 heterocycles. The van der Waals surface area contributed by atoms with E-state index in [1.165, 1.54) is 22.3 Å². The van der Waals surface area contributed by atoms with Crippen LogP contribution in [-0.2, 0) is 11.3 Å². The molecule has 19 heavy (non-hydrogen) atoms. The fourth-order valence-corrected chi connectivity index (χ4v) is 2.59. The van der Waals surface area contributed by atoms with Gasteiger partial charge < -0.3 is 15.0 Å². The van der Waals surface area contributed by atoms with Gasteiger partial charge in [-0.05, 0) is 31.9 Å². The van der Waals surface area contributed by atoms with E-state index >= 15 is 0 Å². The lowest BCUT2D eigenvalue weighted by Crippen LogP contribution is -2.10. The molecule has 0 saturated heterocycles. The fraction of sp³-hybridized carbons (Fsp3) is 0.400. The Bertz CT molecular complexity index is 564. The Hall–Kier alpha value is -1.81. The average Bonchev–Trinajstić information content (AvgIpc) is 2.67. The third-order valence-electron chi connectivity index (χ3n) is 3.34. The molecule has 4 nitrogen and oxygen atoms in total. The van der Waals surface area contributed by atoms with Crippen molar-refractivity contribution in [3.05, 3.63) is 35.0 Å². The molecule has 0 aliphatic rings. The van der Waals surface area contributed by atoms with Crippen LogP contribution >= 0.6 is 0 Å². The number of nitrogens with two attached hydrogens (primary N) is 1. The summed E-state index contributed by atoms with van der Waals surface area (Å²) in [7, 11) is 1.69. The fourth-order valence-electron chi connectivity index (χ4n) is 2.59. The van der Waals surface area contributed by atoms with Crippen molar-refractivity contribution in [2.75, 3.05) is 19.5 Å². The zero-order chi connectivity index (χ0) is 14.0. The van der Waals surface area contributed by atoms with E-state index in [2.05, 4.69) is 37.9 Å². The Morgan fingerprint density at radius 2 is 1.84 bits per heavy atom. The Morgan fingerprint density at radius 1 is 1.21 bits per heavy atom. The van der Waals surface area contributed by atoms with Crippen LogP contribution in [0.15, 0.2) is 18.3 Å². The molecule has 0 amide bonds. The molecule has 2 rings (SSSR count). The molecular formula is C15H21N3O. The van der Waals surface area contributed by atoms with Crippen molar-refractivity contribution < 1.29 is 4.74 Å². The number of ether oxygens (including phenoxy) is 1. The molecule has 102 valence electrons. The second-order valence-electron chi connectivity index (χ2n) is 4.92. The summed E-state index contributed by atoms with van der Waals surface area (Å²) in [6.45, 7) is 7.70. The number of hydrogen-bond acceptors (Lipinski definition) is 3. The van der Waals surface area contributed by atoms with E-state index in [1.54, 1.807) is 7.11 Å². The number of anilines is 1. The number of aryl methyl sites for hydroxylation is 3. The van der Waals surface area contributed by atoms with Gasteiger partial charge in [-0.25, -0.2) is 4.98 Å². The third-order valence-corrected chi connectivity index (χ3v) is 3.34. The van der Waals surface area contributed by atoms with Gasteiger partial charge in [0.25, 0.3) is 0 Å². The molecule has 0 unspecified atom stereocenters. The minimum absolute atomic E-state index is 0.534. The molecule has 0 spiro atoms. The molecule has 1 aromatic carbocycles. The highest BCUT2D eigenvalue weighted by Gasteiger charge is 2.14. The van der Waals surface area contributed by atoms with Crippen LogP contribution in [0.3, 0.4) is 0 Å². The van der Waals surface area contributed by atoms with Crippen molar-refractivity contribution in [2.45, 2.75) is 27.3 Å². The SMILES string of the molecule is COCCn1c(-c2c(C)cc(C)cc2C)cnc1N. The van der Waals surface area contributed by atoms with Crippen molar-refractivity contribution in [3.63, 3.8) is 0 Å². The normalized spacial score (nSPS) is 10.9. The predicted molar refractivity (Wildman–Crippen MR) is 78.2 cm³/mol. The second-order valence-corrected chi connectivity index (χ2v) is 4.92. The van der Waals surface area contributed by atoms with Crippen molar-refractivity contribution >= 4 is 5.95 Å². The molecule has 4 heteroatoms. The van der Waals surface area contributed by atoms with Crippen LogP contribution in [0.4, 0.5) is 5.95 Å². The van der Waals surface area contributed by atoms with Crippen molar-refractivity contribution in [3.8, 4) is 11.3 Å². The summed E-state index contributed by atoms with van der Waals surface area (Å²) in [4.78, 5) is 4.24. The van der Waals surface area contributed by atoms with E-state index in [9.17, 15) is 0 Å². The van der Waals surface area contributed by atoms with E-state index in [4.69, 9.17) is 10.5 Å². The summed E-state index contributed by atoms with van der Waals surface area (Å²) in [6, 6.07) is 4.37. The van der Waals surface area contributed by atoms with Crippen LogP contribution in [0.1, 0.15) is 16.7 Å². The maximum absolute atomic E-state index is 5.95. The minimum Gasteiger partial charge on any atom is -0.383 e. The first-order valence-electron chi connectivity index (χ1n) is 6.42. The molecule has 0 saturated carbocycles. The summed E-state index contributed by atoms with van der Waals surface area (Å²) >= 11 is 0. The van der Waals surface area contributed by atoms with Crippen LogP contribution in [0.2, 0.25) is 0 Å². The van der Waals surface area contributed by atoms with Gasteiger partial charge in [-0.3, -0.25) is 0 Å². The van der Waals surface area contributed by atoms with E-state index < -0.39 is 0 Å². The first-order valence-corrected chi connectivity index (χ1v) is 6.42. The Labute approximate surface area is 114 Å². The van der Waals surface area contributed by atoms with Gasteiger partial charge >= 0.3 is 0 Å². The van der Waals surface area contributed by atoms with Gasteiger partial charge in [-0.1, -0.05) is 17.7 Å². The first kappa shape index (κ1) is 13.6. The molecule has 2 N–H and O–H groups in total. The average molecular weight is 259 g/mol. The van der Waals surface area contributed by atoms with Gasteiger partial charge in [0.2, 0.25) is 5.95 Å². The van der Waals surface area contributed by atoms with E-state index in [-0.39, 0.29) is 0 Å². The van der Waals surface area contributed by atoms with Crippen molar-refractivity contribution in [1.82, 2.24) is 9.55 Å². The summed E-state index contributed by atoms with van der Waals surface area (Å²) in [5, 5.41) is 0. The second kappa shape index (κ2) is 5.45. The lowest BCUT2D eigenvalue weighted by Gasteiger charge is -2.14. The smallest absolute Gasteiger partial charge is 0.200 e. The monoisotopic (exact) mass is 259 g/mol. The predicted octanol–water partition coefficient (Wildman–Crippen LogP) is 2.70. The van der Waals surface area contributed by atoms with Gasteiger partial charge in [-0.15, -0.1) is 0 Å².